The molecule has 3 rings (SSSR count). The molecule has 96 valence electrons. The molecule has 0 unspecified atom stereocenters. The Morgan fingerprint density at radius 3 is 3.00 bits per heavy atom. The van der Waals surface area contributed by atoms with Gasteiger partial charge in [0.2, 0.25) is 0 Å². The van der Waals surface area contributed by atoms with Gasteiger partial charge in [-0.1, -0.05) is 11.6 Å². The average Bonchev–Trinajstić information content (AvgIpc) is 3.01. The van der Waals surface area contributed by atoms with Crippen molar-refractivity contribution >= 4 is 51.6 Å². The van der Waals surface area contributed by atoms with Crippen LogP contribution in [0.25, 0.3) is 11.0 Å². The number of benzene rings is 1. The van der Waals surface area contributed by atoms with E-state index in [1.807, 2.05) is 0 Å². The second-order valence-corrected chi connectivity index (χ2v) is 4.64. The van der Waals surface area contributed by atoms with Crippen LogP contribution in [0, 0.1) is 0 Å². The Hall–Kier alpha value is -2.19. The average molecular weight is 295 g/mol. The summed E-state index contributed by atoms with van der Waals surface area (Å²) in [5.74, 6) is -0.433. The van der Waals surface area contributed by atoms with Gasteiger partial charge in [-0.15, -0.1) is 0 Å². The normalized spacial score (nSPS) is 10.8. The Balaban J connectivity index is 2.02. The molecule has 0 spiro atoms. The maximum absolute atomic E-state index is 12.0. The Kier molecular flexibility index (Phi) is 2.80. The van der Waals surface area contributed by atoms with E-state index in [4.69, 9.17) is 17.3 Å². The zero-order valence-corrected chi connectivity index (χ0v) is 10.9. The van der Waals surface area contributed by atoms with E-state index >= 15 is 0 Å². The molecule has 0 fully saturated rings. The summed E-state index contributed by atoms with van der Waals surface area (Å²) < 4.78 is 8.19. The van der Waals surface area contributed by atoms with Crippen molar-refractivity contribution in [2.24, 2.45) is 0 Å². The highest BCUT2D eigenvalue weighted by Crippen LogP contribution is 2.30. The van der Waals surface area contributed by atoms with Crippen LogP contribution >= 0.6 is 23.3 Å². The highest BCUT2D eigenvalue weighted by molar-refractivity contribution is 7.00. The van der Waals surface area contributed by atoms with E-state index in [2.05, 4.69) is 24.3 Å². The fraction of sp³-hybridized carbons (Fsp3) is 0. The van der Waals surface area contributed by atoms with Crippen LogP contribution in [0.15, 0.2) is 18.3 Å². The molecule has 7 nitrogen and oxygen atoms in total. The van der Waals surface area contributed by atoms with E-state index in [9.17, 15) is 4.79 Å². The van der Waals surface area contributed by atoms with Crippen molar-refractivity contribution in [2.75, 3.05) is 11.1 Å². The van der Waals surface area contributed by atoms with Crippen LogP contribution in [-0.4, -0.2) is 24.9 Å². The number of halogens is 1. The zero-order valence-electron chi connectivity index (χ0n) is 9.35. The fourth-order valence-electron chi connectivity index (χ4n) is 1.60. The Morgan fingerprint density at radius 2 is 2.26 bits per heavy atom. The molecule has 0 atom stereocenters. The van der Waals surface area contributed by atoms with Crippen LogP contribution in [0.5, 0.6) is 0 Å². The van der Waals surface area contributed by atoms with Gasteiger partial charge in [0.15, 0.2) is 0 Å². The number of amides is 1. The number of fused-ring (bicyclic) bond motifs is 1. The van der Waals surface area contributed by atoms with Crippen molar-refractivity contribution in [2.45, 2.75) is 0 Å². The van der Waals surface area contributed by atoms with Crippen LogP contribution in [0.2, 0.25) is 5.02 Å². The molecule has 0 aliphatic heterocycles. The number of nitrogen functional groups attached to an aromatic ring is 1. The summed E-state index contributed by atoms with van der Waals surface area (Å²) in [6, 6.07) is 3.39. The van der Waals surface area contributed by atoms with Gasteiger partial charge in [-0.3, -0.25) is 9.89 Å². The number of aromatic nitrogens is 4. The molecular weight excluding hydrogens is 288 g/mol. The molecule has 0 saturated carbocycles. The molecule has 0 radical (unpaired) electrons. The van der Waals surface area contributed by atoms with E-state index in [0.29, 0.717) is 21.7 Å². The zero-order chi connectivity index (χ0) is 13.4. The van der Waals surface area contributed by atoms with Gasteiger partial charge in [-0.2, -0.15) is 13.8 Å². The van der Waals surface area contributed by atoms with Gasteiger partial charge in [0.1, 0.15) is 16.7 Å². The summed E-state index contributed by atoms with van der Waals surface area (Å²) in [6.45, 7) is 0. The van der Waals surface area contributed by atoms with Crippen molar-refractivity contribution in [1.29, 1.82) is 0 Å². The Bertz CT molecular complexity index is 766. The summed E-state index contributed by atoms with van der Waals surface area (Å²) in [5.41, 5.74) is 7.67. The third-order valence-corrected chi connectivity index (χ3v) is 3.37. The largest absolute Gasteiger partial charge is 0.396 e. The number of nitrogens with zero attached hydrogens (tertiary/aromatic N) is 3. The topological polar surface area (TPSA) is 110 Å². The van der Waals surface area contributed by atoms with Crippen LogP contribution in [-0.2, 0) is 0 Å². The molecule has 2 heterocycles. The maximum atomic E-state index is 12.0. The standard InChI is InChI=1S/C10H7ClN6OS/c11-4-1-2-6-9(17-19-16-6)7(4)14-10(18)8-5(12)3-13-15-8/h1-3H,12H2,(H,13,15)(H,14,18). The van der Waals surface area contributed by atoms with E-state index in [1.54, 1.807) is 12.1 Å². The van der Waals surface area contributed by atoms with Gasteiger partial charge < -0.3 is 11.1 Å². The number of hydrogen-bond acceptors (Lipinski definition) is 6. The first-order valence-corrected chi connectivity index (χ1v) is 6.28. The van der Waals surface area contributed by atoms with Gasteiger partial charge in [-0.05, 0) is 12.1 Å². The molecule has 4 N–H and O–H groups in total. The number of anilines is 2. The van der Waals surface area contributed by atoms with Crippen molar-refractivity contribution < 1.29 is 4.79 Å². The van der Waals surface area contributed by atoms with Crippen LogP contribution in [0.1, 0.15) is 10.5 Å². The molecule has 0 saturated heterocycles. The van der Waals surface area contributed by atoms with Crippen LogP contribution in [0.3, 0.4) is 0 Å². The summed E-state index contributed by atoms with van der Waals surface area (Å²) in [4.78, 5) is 12.0. The number of carbonyl (C=O) groups excluding carboxylic acids is 1. The first-order valence-electron chi connectivity index (χ1n) is 5.18. The minimum absolute atomic E-state index is 0.177. The number of rotatable bonds is 2. The van der Waals surface area contributed by atoms with Crippen molar-refractivity contribution in [3.05, 3.63) is 29.0 Å². The lowest BCUT2D eigenvalue weighted by Crippen LogP contribution is -2.14. The molecule has 19 heavy (non-hydrogen) atoms. The number of aromatic amines is 1. The van der Waals surface area contributed by atoms with Crippen molar-refractivity contribution in [3.8, 4) is 0 Å². The minimum atomic E-state index is -0.433. The predicted octanol–water partition coefficient (Wildman–Crippen LogP) is 1.90. The van der Waals surface area contributed by atoms with Crippen LogP contribution in [0.4, 0.5) is 11.4 Å². The number of H-pyrrole nitrogens is 1. The van der Waals surface area contributed by atoms with Crippen LogP contribution < -0.4 is 11.1 Å². The first kappa shape index (κ1) is 11.9. The highest BCUT2D eigenvalue weighted by Gasteiger charge is 2.16. The summed E-state index contributed by atoms with van der Waals surface area (Å²) in [6.07, 6.45) is 1.36. The smallest absolute Gasteiger partial charge is 0.275 e. The lowest BCUT2D eigenvalue weighted by atomic mass is 10.2. The molecule has 9 heteroatoms. The number of carbonyl (C=O) groups is 1. The SMILES string of the molecule is Nc1cn[nH]c1C(=O)Nc1c(Cl)ccc2nsnc12. The number of hydrogen-bond donors (Lipinski definition) is 3. The van der Waals surface area contributed by atoms with Gasteiger partial charge >= 0.3 is 0 Å². The van der Waals surface area contributed by atoms with E-state index < -0.39 is 5.91 Å². The molecular formula is C10H7ClN6OS. The van der Waals surface area contributed by atoms with Crippen molar-refractivity contribution in [3.63, 3.8) is 0 Å². The van der Waals surface area contributed by atoms with E-state index in [-0.39, 0.29) is 11.4 Å². The third-order valence-electron chi connectivity index (χ3n) is 2.51. The second-order valence-electron chi connectivity index (χ2n) is 3.71. The molecule has 0 aliphatic rings. The first-order chi connectivity index (χ1) is 9.16. The predicted molar refractivity (Wildman–Crippen MR) is 73.4 cm³/mol. The maximum Gasteiger partial charge on any atom is 0.275 e. The molecule has 1 amide bonds. The summed E-state index contributed by atoms with van der Waals surface area (Å²) >= 11 is 7.12. The highest BCUT2D eigenvalue weighted by atomic mass is 35.5. The van der Waals surface area contributed by atoms with Gasteiger partial charge in [0.05, 0.1) is 34.3 Å². The molecule has 3 aromatic rings. The Labute approximate surface area is 116 Å². The summed E-state index contributed by atoms with van der Waals surface area (Å²) in [7, 11) is 0. The monoisotopic (exact) mass is 294 g/mol. The minimum Gasteiger partial charge on any atom is -0.396 e. The van der Waals surface area contributed by atoms with Gasteiger partial charge in [0, 0.05) is 0 Å². The molecule has 1 aromatic carbocycles. The lowest BCUT2D eigenvalue weighted by Gasteiger charge is -2.06. The third kappa shape index (κ3) is 2.00. The van der Waals surface area contributed by atoms with Gasteiger partial charge in [0.25, 0.3) is 5.91 Å². The number of nitrogens with two attached hydrogens (primary N) is 1. The molecule has 0 aliphatic carbocycles. The fourth-order valence-corrected chi connectivity index (χ4v) is 2.34. The van der Waals surface area contributed by atoms with E-state index in [0.717, 1.165) is 11.7 Å². The Morgan fingerprint density at radius 1 is 1.42 bits per heavy atom. The van der Waals surface area contributed by atoms with Gasteiger partial charge in [-0.25, -0.2) is 0 Å². The molecule has 2 aromatic heterocycles. The summed E-state index contributed by atoms with van der Waals surface area (Å²) in [5, 5.41) is 9.26. The quantitative estimate of drug-likeness (QED) is 0.668. The molecule has 0 bridgehead atoms. The second kappa shape index (κ2) is 4.48. The number of nitrogens with one attached hydrogen (secondary N) is 2. The van der Waals surface area contributed by atoms with E-state index in [1.165, 1.54) is 6.20 Å². The lowest BCUT2D eigenvalue weighted by molar-refractivity contribution is 0.102. The van der Waals surface area contributed by atoms with Crippen molar-refractivity contribution in [1.82, 2.24) is 18.9 Å².